The SMILES string of the molecule is CCCCOc1ccc(C(=O)Oc2ccc(C=NNC(=O)C3CCCCC3)cc2OC)cc1. The van der Waals surface area contributed by atoms with E-state index >= 15 is 0 Å². The van der Waals surface area contributed by atoms with Crippen molar-refractivity contribution in [3.05, 3.63) is 53.6 Å². The third-order valence-electron chi connectivity index (χ3n) is 5.61. The molecule has 1 aliphatic carbocycles. The molecule has 7 heteroatoms. The molecule has 0 bridgehead atoms. The summed E-state index contributed by atoms with van der Waals surface area (Å²) >= 11 is 0. The van der Waals surface area contributed by atoms with Crippen LogP contribution in [-0.4, -0.2) is 31.8 Å². The second kappa shape index (κ2) is 12.6. The number of benzene rings is 2. The Morgan fingerprint density at radius 2 is 1.82 bits per heavy atom. The van der Waals surface area contributed by atoms with E-state index in [0.29, 0.717) is 29.2 Å². The molecule has 0 unspecified atom stereocenters. The van der Waals surface area contributed by atoms with Crippen molar-refractivity contribution in [3.8, 4) is 17.2 Å². The minimum atomic E-state index is -0.491. The van der Waals surface area contributed by atoms with Crippen molar-refractivity contribution in [1.29, 1.82) is 0 Å². The quantitative estimate of drug-likeness (QED) is 0.178. The number of rotatable bonds is 10. The lowest BCUT2D eigenvalue weighted by atomic mass is 9.89. The molecule has 3 rings (SSSR count). The van der Waals surface area contributed by atoms with Crippen LogP contribution in [0.1, 0.15) is 67.8 Å². The van der Waals surface area contributed by atoms with Gasteiger partial charge in [-0.05, 0) is 67.3 Å². The maximum absolute atomic E-state index is 12.5. The van der Waals surface area contributed by atoms with Crippen LogP contribution in [0.3, 0.4) is 0 Å². The summed E-state index contributed by atoms with van der Waals surface area (Å²) in [6.45, 7) is 2.75. The third kappa shape index (κ3) is 7.34. The maximum Gasteiger partial charge on any atom is 0.343 e. The number of nitrogens with zero attached hydrogens (tertiary/aromatic N) is 1. The Bertz CT molecular complexity index is 950. The number of methoxy groups -OCH3 is 1. The summed E-state index contributed by atoms with van der Waals surface area (Å²) in [5.74, 6) is 0.931. The molecule has 1 saturated carbocycles. The van der Waals surface area contributed by atoms with Gasteiger partial charge in [0, 0.05) is 5.92 Å². The monoisotopic (exact) mass is 452 g/mol. The van der Waals surface area contributed by atoms with Crippen molar-refractivity contribution in [2.24, 2.45) is 11.0 Å². The molecule has 1 aliphatic rings. The van der Waals surface area contributed by atoms with Crippen LogP contribution in [0.2, 0.25) is 0 Å². The molecular weight excluding hydrogens is 420 g/mol. The highest BCUT2D eigenvalue weighted by atomic mass is 16.6. The lowest BCUT2D eigenvalue weighted by molar-refractivity contribution is -0.125. The highest BCUT2D eigenvalue weighted by Gasteiger charge is 2.20. The molecular formula is C26H32N2O5. The van der Waals surface area contributed by atoms with Gasteiger partial charge in [0.2, 0.25) is 5.91 Å². The topological polar surface area (TPSA) is 86.2 Å². The zero-order valence-electron chi connectivity index (χ0n) is 19.3. The van der Waals surface area contributed by atoms with Crippen LogP contribution in [0.5, 0.6) is 17.2 Å². The predicted molar refractivity (Wildman–Crippen MR) is 127 cm³/mol. The number of hydrogen-bond acceptors (Lipinski definition) is 6. The minimum Gasteiger partial charge on any atom is -0.494 e. The van der Waals surface area contributed by atoms with E-state index in [9.17, 15) is 9.59 Å². The maximum atomic E-state index is 12.5. The first-order valence-electron chi connectivity index (χ1n) is 11.6. The van der Waals surface area contributed by atoms with E-state index in [0.717, 1.165) is 44.3 Å². The Morgan fingerprint density at radius 1 is 1.06 bits per heavy atom. The fraction of sp³-hybridized carbons (Fsp3) is 0.423. The minimum absolute atomic E-state index is 0.0368. The zero-order valence-corrected chi connectivity index (χ0v) is 19.3. The first kappa shape index (κ1) is 24.3. The normalized spacial score (nSPS) is 14.1. The molecule has 1 amide bonds. The number of amides is 1. The molecule has 0 atom stereocenters. The molecule has 0 spiro atoms. The van der Waals surface area contributed by atoms with Crippen LogP contribution >= 0.6 is 0 Å². The van der Waals surface area contributed by atoms with Crippen molar-refractivity contribution < 1.29 is 23.8 Å². The molecule has 2 aromatic rings. The first-order chi connectivity index (χ1) is 16.1. The lowest BCUT2D eigenvalue weighted by Crippen LogP contribution is -2.28. The van der Waals surface area contributed by atoms with Crippen molar-refractivity contribution in [2.45, 2.75) is 51.9 Å². The smallest absolute Gasteiger partial charge is 0.343 e. The van der Waals surface area contributed by atoms with Gasteiger partial charge < -0.3 is 14.2 Å². The molecule has 0 radical (unpaired) electrons. The number of nitrogens with one attached hydrogen (secondary N) is 1. The molecule has 1 N–H and O–H groups in total. The Kier molecular flexibility index (Phi) is 9.30. The summed E-state index contributed by atoms with van der Waals surface area (Å²) in [5, 5.41) is 4.07. The number of esters is 1. The summed E-state index contributed by atoms with van der Waals surface area (Å²) in [6.07, 6.45) is 8.82. The van der Waals surface area contributed by atoms with Crippen molar-refractivity contribution in [1.82, 2.24) is 5.43 Å². The standard InChI is InChI=1S/C26H32N2O5/c1-3-4-16-32-22-13-11-21(12-14-22)26(30)33-23-15-10-19(17-24(23)31-2)18-27-28-25(29)20-8-6-5-7-9-20/h10-15,17-18,20H,3-9,16H2,1-2H3,(H,28,29). The molecule has 1 fully saturated rings. The van der Waals surface area contributed by atoms with Gasteiger partial charge in [-0.2, -0.15) is 5.10 Å². The molecule has 2 aromatic carbocycles. The molecule has 7 nitrogen and oxygen atoms in total. The van der Waals surface area contributed by atoms with Crippen LogP contribution < -0.4 is 19.6 Å². The number of ether oxygens (including phenoxy) is 3. The lowest BCUT2D eigenvalue weighted by Gasteiger charge is -2.19. The van der Waals surface area contributed by atoms with E-state index in [4.69, 9.17) is 14.2 Å². The number of carbonyl (C=O) groups is 2. The summed E-state index contributed by atoms with van der Waals surface area (Å²) in [4.78, 5) is 24.7. The third-order valence-corrected chi connectivity index (χ3v) is 5.61. The van der Waals surface area contributed by atoms with Gasteiger partial charge in [0.25, 0.3) is 0 Å². The summed E-state index contributed by atoms with van der Waals surface area (Å²) in [7, 11) is 1.50. The van der Waals surface area contributed by atoms with E-state index < -0.39 is 5.97 Å². The van der Waals surface area contributed by atoms with E-state index in [1.165, 1.54) is 13.5 Å². The molecule has 0 aromatic heterocycles. The number of hydrogen-bond donors (Lipinski definition) is 1. The van der Waals surface area contributed by atoms with Crippen molar-refractivity contribution >= 4 is 18.1 Å². The van der Waals surface area contributed by atoms with Crippen LogP contribution in [0, 0.1) is 5.92 Å². The highest BCUT2D eigenvalue weighted by Crippen LogP contribution is 2.29. The second-order valence-electron chi connectivity index (χ2n) is 8.10. The fourth-order valence-corrected chi connectivity index (χ4v) is 3.66. The number of carbonyl (C=O) groups excluding carboxylic acids is 2. The van der Waals surface area contributed by atoms with Gasteiger partial charge in [-0.3, -0.25) is 4.79 Å². The first-order valence-corrected chi connectivity index (χ1v) is 11.6. The molecule has 176 valence electrons. The van der Waals surface area contributed by atoms with E-state index in [1.807, 2.05) is 0 Å². The predicted octanol–water partition coefficient (Wildman–Crippen LogP) is 5.12. The van der Waals surface area contributed by atoms with E-state index in [-0.39, 0.29) is 11.8 Å². The summed E-state index contributed by atoms with van der Waals surface area (Å²) < 4.78 is 16.5. The van der Waals surface area contributed by atoms with Gasteiger partial charge >= 0.3 is 5.97 Å². The van der Waals surface area contributed by atoms with Crippen molar-refractivity contribution in [2.75, 3.05) is 13.7 Å². The Balaban J connectivity index is 1.57. The Morgan fingerprint density at radius 3 is 2.52 bits per heavy atom. The summed E-state index contributed by atoms with van der Waals surface area (Å²) in [6, 6.07) is 11.9. The largest absolute Gasteiger partial charge is 0.494 e. The van der Waals surface area contributed by atoms with Crippen LogP contribution in [0.15, 0.2) is 47.6 Å². The van der Waals surface area contributed by atoms with Gasteiger partial charge in [-0.25, -0.2) is 10.2 Å². The average Bonchev–Trinajstić information content (AvgIpc) is 2.85. The average molecular weight is 453 g/mol. The fourth-order valence-electron chi connectivity index (χ4n) is 3.66. The van der Waals surface area contributed by atoms with Gasteiger partial charge in [0.15, 0.2) is 11.5 Å². The summed E-state index contributed by atoms with van der Waals surface area (Å²) in [5.41, 5.74) is 3.75. The van der Waals surface area contributed by atoms with Crippen LogP contribution in [-0.2, 0) is 4.79 Å². The van der Waals surface area contributed by atoms with Crippen LogP contribution in [0.4, 0.5) is 0 Å². The molecule has 0 aliphatic heterocycles. The molecule has 0 saturated heterocycles. The number of hydrazone groups is 1. The van der Waals surface area contributed by atoms with Gasteiger partial charge in [0.1, 0.15) is 5.75 Å². The zero-order chi connectivity index (χ0) is 23.5. The van der Waals surface area contributed by atoms with E-state index in [1.54, 1.807) is 48.7 Å². The van der Waals surface area contributed by atoms with Gasteiger partial charge in [-0.15, -0.1) is 0 Å². The molecule has 33 heavy (non-hydrogen) atoms. The number of unbranched alkanes of at least 4 members (excludes halogenated alkanes) is 1. The highest BCUT2D eigenvalue weighted by molar-refractivity contribution is 5.92. The Labute approximate surface area is 195 Å². The second-order valence-corrected chi connectivity index (χ2v) is 8.10. The van der Waals surface area contributed by atoms with Gasteiger partial charge in [-0.1, -0.05) is 32.6 Å². The van der Waals surface area contributed by atoms with E-state index in [2.05, 4.69) is 17.5 Å². The van der Waals surface area contributed by atoms with Gasteiger partial charge in [0.05, 0.1) is 25.5 Å². The van der Waals surface area contributed by atoms with Crippen molar-refractivity contribution in [3.63, 3.8) is 0 Å². The Hall–Kier alpha value is -3.35. The van der Waals surface area contributed by atoms with Crippen LogP contribution in [0.25, 0.3) is 0 Å². The molecule has 0 heterocycles.